The SMILES string of the molecule is Fc1c(F)c(F)c2c(OB(Oc3c(F)c(F)c4c(F)c(F)c5c(F)c(F)c(F)c6c(F)c(F)c3c4c56)c3c(F)c(F)c(F)c4c(F)c5c(F)c(F)c(F)c(F)c5c(F)c34)c(F)c(F)c(F)c2c1F. The molecule has 28 heteroatoms. The number of hydrogen-bond donors (Lipinski definition) is 0. The Balaban J connectivity index is 1.51. The summed E-state index contributed by atoms with van der Waals surface area (Å²) in [7, 11) is -4.47. The van der Waals surface area contributed by atoms with Crippen LogP contribution >= 0.6 is 0 Å². The maximum atomic E-state index is 16.6. The van der Waals surface area contributed by atoms with E-state index in [1.54, 1.807) is 0 Å². The molecule has 0 radical (unpaired) electrons. The topological polar surface area (TPSA) is 18.5 Å². The molecule has 0 aliphatic rings. The van der Waals surface area contributed by atoms with Crippen molar-refractivity contribution >= 4 is 77.2 Å². The minimum atomic E-state index is -4.47. The summed E-state index contributed by atoms with van der Waals surface area (Å²) >= 11 is 0. The molecule has 0 bridgehead atoms. The lowest BCUT2D eigenvalue weighted by molar-refractivity contribution is 0.375. The summed E-state index contributed by atoms with van der Waals surface area (Å²) < 4.78 is 393. The van der Waals surface area contributed by atoms with Gasteiger partial charge >= 0.3 is 7.12 Å². The minimum Gasteiger partial charge on any atom is -0.519 e. The van der Waals surface area contributed by atoms with Crippen LogP contribution < -0.4 is 14.8 Å². The molecular formula is C40BF25O2. The van der Waals surface area contributed by atoms with Crippen LogP contribution in [0.4, 0.5) is 110 Å². The second-order valence-electron chi connectivity index (χ2n) is 14.0. The molecule has 0 N–H and O–H groups in total. The van der Waals surface area contributed by atoms with Gasteiger partial charge in [-0.05, 0) is 0 Å². The van der Waals surface area contributed by atoms with E-state index in [0.29, 0.717) is 0 Å². The van der Waals surface area contributed by atoms with Gasteiger partial charge in [0.15, 0.2) is 139 Å². The van der Waals surface area contributed by atoms with Crippen molar-refractivity contribution in [3.63, 3.8) is 0 Å². The molecule has 0 unspecified atom stereocenters. The van der Waals surface area contributed by atoms with Crippen LogP contribution in [0.5, 0.6) is 11.5 Å². The lowest BCUT2D eigenvalue weighted by atomic mass is 9.73. The molecule has 9 rings (SSSR count). The Labute approximate surface area is 353 Å². The molecular weight excluding hydrogens is 998 g/mol. The molecule has 2 nitrogen and oxygen atoms in total. The highest BCUT2D eigenvalue weighted by Crippen LogP contribution is 2.49. The summed E-state index contributed by atoms with van der Waals surface area (Å²) in [4.78, 5) is 0. The normalized spacial score (nSPS) is 12.2. The molecule has 0 heterocycles. The number of benzene rings is 9. The first-order valence-electron chi connectivity index (χ1n) is 17.4. The van der Waals surface area contributed by atoms with Crippen LogP contribution in [0.3, 0.4) is 0 Å². The molecule has 0 amide bonds. The first-order valence-corrected chi connectivity index (χ1v) is 17.4. The predicted octanol–water partition coefficient (Wildman–Crippen LogP) is 13.4. The maximum Gasteiger partial charge on any atom is 0.636 e. The number of fused-ring (bicyclic) bond motifs is 3. The van der Waals surface area contributed by atoms with Gasteiger partial charge in [0.1, 0.15) is 11.6 Å². The van der Waals surface area contributed by atoms with Gasteiger partial charge in [0, 0.05) is 16.2 Å². The zero-order valence-corrected chi connectivity index (χ0v) is 30.8. The molecule has 0 aliphatic heterocycles. The van der Waals surface area contributed by atoms with Crippen molar-refractivity contribution in [1.82, 2.24) is 0 Å². The van der Waals surface area contributed by atoms with Crippen molar-refractivity contribution in [3.05, 3.63) is 145 Å². The van der Waals surface area contributed by atoms with E-state index in [1.807, 2.05) is 0 Å². The highest BCUT2D eigenvalue weighted by molar-refractivity contribution is 6.66. The first kappa shape index (κ1) is 45.9. The van der Waals surface area contributed by atoms with E-state index in [0.717, 1.165) is 0 Å². The fourth-order valence-electron chi connectivity index (χ4n) is 7.77. The van der Waals surface area contributed by atoms with Gasteiger partial charge in [-0.3, -0.25) is 0 Å². The van der Waals surface area contributed by atoms with Gasteiger partial charge < -0.3 is 9.31 Å². The summed E-state index contributed by atoms with van der Waals surface area (Å²) in [5, 5.41) is -29.1. The molecule has 0 fully saturated rings. The highest BCUT2D eigenvalue weighted by Gasteiger charge is 2.45. The monoisotopic (exact) mass is 998 g/mol. The second kappa shape index (κ2) is 14.9. The van der Waals surface area contributed by atoms with Crippen molar-refractivity contribution in [1.29, 1.82) is 0 Å². The van der Waals surface area contributed by atoms with Crippen LogP contribution in [-0.4, -0.2) is 7.12 Å². The van der Waals surface area contributed by atoms with Gasteiger partial charge in [0.2, 0.25) is 5.82 Å². The quantitative estimate of drug-likeness (QED) is 0.0427. The Morgan fingerprint density at radius 2 is 0.353 bits per heavy atom. The van der Waals surface area contributed by atoms with E-state index >= 15 is 74.6 Å². The van der Waals surface area contributed by atoms with E-state index in [-0.39, 0.29) is 0 Å². The van der Waals surface area contributed by atoms with Gasteiger partial charge in [-0.25, -0.2) is 101 Å². The van der Waals surface area contributed by atoms with Gasteiger partial charge in [0.05, 0.1) is 53.9 Å². The average Bonchev–Trinajstić information content (AvgIpc) is 3.30. The van der Waals surface area contributed by atoms with E-state index in [4.69, 9.17) is 4.65 Å². The molecule has 0 aromatic heterocycles. The summed E-state index contributed by atoms with van der Waals surface area (Å²) in [5.74, 6) is -82.0. The predicted molar refractivity (Wildman–Crippen MR) is 181 cm³/mol. The van der Waals surface area contributed by atoms with Crippen molar-refractivity contribution < 1.29 is 119 Å². The molecule has 0 atom stereocenters. The van der Waals surface area contributed by atoms with Crippen molar-refractivity contribution in [2.45, 2.75) is 0 Å². The van der Waals surface area contributed by atoms with Gasteiger partial charge in [-0.15, -0.1) is 0 Å². The Morgan fingerprint density at radius 1 is 0.162 bits per heavy atom. The summed E-state index contributed by atoms with van der Waals surface area (Å²) in [6.07, 6.45) is 0. The number of rotatable bonds is 5. The van der Waals surface area contributed by atoms with Gasteiger partial charge in [-0.1, -0.05) is 0 Å². The van der Waals surface area contributed by atoms with E-state index < -0.39 is 234 Å². The third-order valence-corrected chi connectivity index (χ3v) is 10.7. The summed E-state index contributed by atoms with van der Waals surface area (Å²) in [6.45, 7) is 0. The standard InChI is InChI=1S/C40BF25O2/c42-14-3-7(15(43)9-8(14)22(50)32(60)33(61)23(9)51)21(49)31(59)29(57)13(3)41(68-40-12-10(25(53)36(64)38(40)66)24(52)34(62)35(63)28(12)56)67-39-11-2-1-4(16(44)17(45)6(2)26(54)37(39)65)19(47)30(58)20(48)5(1)18(46)27(11)55. The van der Waals surface area contributed by atoms with Crippen LogP contribution in [0.2, 0.25) is 0 Å². The average molecular weight is 998 g/mol. The third-order valence-electron chi connectivity index (χ3n) is 10.7. The van der Waals surface area contributed by atoms with Crippen LogP contribution in [0.1, 0.15) is 0 Å². The highest BCUT2D eigenvalue weighted by atomic mass is 19.2. The lowest BCUT2D eigenvalue weighted by Gasteiger charge is -2.24. The van der Waals surface area contributed by atoms with E-state index in [9.17, 15) is 35.1 Å². The van der Waals surface area contributed by atoms with Crippen LogP contribution in [0.15, 0.2) is 0 Å². The fourth-order valence-corrected chi connectivity index (χ4v) is 7.77. The Hall–Kier alpha value is -7.29. The molecule has 0 aliphatic carbocycles. The molecule has 0 saturated carbocycles. The summed E-state index contributed by atoms with van der Waals surface area (Å²) in [6, 6.07) is 0. The van der Waals surface area contributed by atoms with Crippen molar-refractivity contribution in [3.8, 4) is 11.5 Å². The Kier molecular flexibility index (Phi) is 10.0. The van der Waals surface area contributed by atoms with E-state index in [1.165, 1.54) is 0 Å². The number of hydrogen-bond acceptors (Lipinski definition) is 2. The minimum absolute atomic E-state index is 2.01. The zero-order valence-electron chi connectivity index (χ0n) is 30.8. The number of halogens is 25. The Morgan fingerprint density at radius 3 is 0.750 bits per heavy atom. The largest absolute Gasteiger partial charge is 0.636 e. The molecule has 9 aromatic rings. The molecule has 9 aromatic carbocycles. The maximum absolute atomic E-state index is 16.6. The second-order valence-corrected chi connectivity index (χ2v) is 14.0. The van der Waals surface area contributed by atoms with Crippen LogP contribution in [-0.2, 0) is 0 Å². The summed E-state index contributed by atoms with van der Waals surface area (Å²) in [5.41, 5.74) is -2.86. The Bertz CT molecular complexity index is 3840. The van der Waals surface area contributed by atoms with Crippen LogP contribution in [0.25, 0.3) is 64.6 Å². The van der Waals surface area contributed by atoms with Gasteiger partial charge in [-0.2, -0.15) is 8.78 Å². The van der Waals surface area contributed by atoms with Crippen molar-refractivity contribution in [2.75, 3.05) is 0 Å². The zero-order chi connectivity index (χ0) is 50.1. The fraction of sp³-hybridized carbons (Fsp3) is 0. The van der Waals surface area contributed by atoms with Crippen molar-refractivity contribution in [2.24, 2.45) is 0 Å². The first-order chi connectivity index (χ1) is 31.7. The molecule has 0 spiro atoms. The molecule has 0 saturated heterocycles. The van der Waals surface area contributed by atoms with Crippen LogP contribution in [0, 0.1) is 145 Å². The van der Waals surface area contributed by atoms with E-state index in [2.05, 4.69) is 4.65 Å². The lowest BCUT2D eigenvalue weighted by Crippen LogP contribution is -2.46. The third kappa shape index (κ3) is 5.49. The molecule has 68 heavy (non-hydrogen) atoms. The smallest absolute Gasteiger partial charge is 0.519 e. The van der Waals surface area contributed by atoms with Gasteiger partial charge in [0.25, 0.3) is 0 Å². The molecule has 350 valence electrons.